The Morgan fingerprint density at radius 3 is 2.63 bits per heavy atom. The van der Waals surface area contributed by atoms with Gasteiger partial charge in [-0.25, -0.2) is 0 Å². The standard InChI is InChI=1S/C17H28N2/c1-2-10-17(11-12-17)14-19-13-6-9-16(18)15-7-4-3-5-8-15/h3-5,7-8,16,19H,2,6,9-14,18H2,1H3. The van der Waals surface area contributed by atoms with Crippen molar-refractivity contribution in [1.29, 1.82) is 0 Å². The van der Waals surface area contributed by atoms with Crippen molar-refractivity contribution in [3.63, 3.8) is 0 Å². The number of hydrogen-bond donors (Lipinski definition) is 2. The molecule has 106 valence electrons. The molecule has 0 amide bonds. The Morgan fingerprint density at radius 2 is 2.00 bits per heavy atom. The molecule has 1 saturated carbocycles. The molecule has 1 aliphatic rings. The number of hydrogen-bond acceptors (Lipinski definition) is 2. The van der Waals surface area contributed by atoms with Crippen molar-refractivity contribution in [2.45, 2.75) is 51.5 Å². The van der Waals surface area contributed by atoms with E-state index in [9.17, 15) is 0 Å². The lowest BCUT2D eigenvalue weighted by Crippen LogP contribution is -2.25. The van der Waals surface area contributed by atoms with Crippen LogP contribution in [-0.2, 0) is 0 Å². The molecule has 0 aliphatic heterocycles. The van der Waals surface area contributed by atoms with E-state index in [-0.39, 0.29) is 6.04 Å². The smallest absolute Gasteiger partial charge is 0.0295 e. The van der Waals surface area contributed by atoms with Crippen LogP contribution in [0.15, 0.2) is 30.3 Å². The molecule has 1 aromatic rings. The largest absolute Gasteiger partial charge is 0.324 e. The summed E-state index contributed by atoms with van der Waals surface area (Å²) in [5, 5.41) is 3.62. The maximum Gasteiger partial charge on any atom is 0.0295 e. The van der Waals surface area contributed by atoms with E-state index < -0.39 is 0 Å². The van der Waals surface area contributed by atoms with Crippen molar-refractivity contribution in [2.24, 2.45) is 11.1 Å². The highest BCUT2D eigenvalue weighted by Gasteiger charge is 2.40. The van der Waals surface area contributed by atoms with Crippen molar-refractivity contribution in [2.75, 3.05) is 13.1 Å². The molecule has 19 heavy (non-hydrogen) atoms. The maximum atomic E-state index is 6.20. The normalized spacial score (nSPS) is 18.2. The molecule has 2 heteroatoms. The van der Waals surface area contributed by atoms with Gasteiger partial charge < -0.3 is 11.1 Å². The van der Waals surface area contributed by atoms with Crippen LogP contribution in [0, 0.1) is 5.41 Å². The van der Waals surface area contributed by atoms with Crippen molar-refractivity contribution in [3.05, 3.63) is 35.9 Å². The Hall–Kier alpha value is -0.860. The van der Waals surface area contributed by atoms with Gasteiger partial charge >= 0.3 is 0 Å². The fraction of sp³-hybridized carbons (Fsp3) is 0.647. The second kappa shape index (κ2) is 7.06. The van der Waals surface area contributed by atoms with E-state index in [1.54, 1.807) is 0 Å². The lowest BCUT2D eigenvalue weighted by Gasteiger charge is -2.16. The number of nitrogens with two attached hydrogens (primary N) is 1. The van der Waals surface area contributed by atoms with Gasteiger partial charge in [0, 0.05) is 12.6 Å². The summed E-state index contributed by atoms with van der Waals surface area (Å²) in [6.07, 6.45) is 7.80. The van der Waals surface area contributed by atoms with Gasteiger partial charge in [-0.15, -0.1) is 0 Å². The van der Waals surface area contributed by atoms with E-state index in [4.69, 9.17) is 5.73 Å². The molecule has 1 aromatic carbocycles. The van der Waals surface area contributed by atoms with Gasteiger partial charge in [0.15, 0.2) is 0 Å². The molecule has 2 nitrogen and oxygen atoms in total. The van der Waals surface area contributed by atoms with Crippen LogP contribution in [0.5, 0.6) is 0 Å². The highest BCUT2D eigenvalue weighted by molar-refractivity contribution is 5.18. The molecule has 1 fully saturated rings. The summed E-state index contributed by atoms with van der Waals surface area (Å²) in [6.45, 7) is 4.60. The van der Waals surface area contributed by atoms with Crippen LogP contribution in [0.1, 0.15) is 57.1 Å². The Kier molecular flexibility index (Phi) is 5.41. The lowest BCUT2D eigenvalue weighted by molar-refractivity contribution is 0.415. The van der Waals surface area contributed by atoms with Crippen LogP contribution < -0.4 is 11.1 Å². The summed E-state index contributed by atoms with van der Waals surface area (Å²) >= 11 is 0. The zero-order chi connectivity index (χ0) is 13.6. The van der Waals surface area contributed by atoms with Gasteiger partial charge in [0.05, 0.1) is 0 Å². The van der Waals surface area contributed by atoms with Crippen LogP contribution in [0.2, 0.25) is 0 Å². The molecule has 0 heterocycles. The third kappa shape index (κ3) is 4.63. The first kappa shape index (κ1) is 14.5. The molecule has 0 saturated heterocycles. The molecule has 0 spiro atoms. The summed E-state index contributed by atoms with van der Waals surface area (Å²) in [5.74, 6) is 0. The minimum absolute atomic E-state index is 0.188. The quantitative estimate of drug-likeness (QED) is 0.665. The van der Waals surface area contributed by atoms with Crippen molar-refractivity contribution in [3.8, 4) is 0 Å². The maximum absolute atomic E-state index is 6.20. The summed E-state index contributed by atoms with van der Waals surface area (Å²) in [6, 6.07) is 10.6. The molecule has 1 atom stereocenters. The zero-order valence-corrected chi connectivity index (χ0v) is 12.2. The van der Waals surface area contributed by atoms with E-state index in [0.29, 0.717) is 5.41 Å². The number of rotatable bonds is 9. The first-order valence-corrected chi connectivity index (χ1v) is 7.77. The van der Waals surface area contributed by atoms with Crippen molar-refractivity contribution in [1.82, 2.24) is 5.32 Å². The minimum atomic E-state index is 0.188. The number of benzene rings is 1. The van der Waals surface area contributed by atoms with Crippen LogP contribution in [0.4, 0.5) is 0 Å². The topological polar surface area (TPSA) is 38.0 Å². The average molecular weight is 260 g/mol. The molecule has 0 radical (unpaired) electrons. The Morgan fingerprint density at radius 1 is 1.26 bits per heavy atom. The highest BCUT2D eigenvalue weighted by Crippen LogP contribution is 2.48. The summed E-state index contributed by atoms with van der Waals surface area (Å²) in [4.78, 5) is 0. The Balaban J connectivity index is 1.57. The van der Waals surface area contributed by atoms with Crippen LogP contribution >= 0.6 is 0 Å². The zero-order valence-electron chi connectivity index (χ0n) is 12.2. The van der Waals surface area contributed by atoms with Gasteiger partial charge in [-0.05, 0) is 49.6 Å². The third-order valence-electron chi connectivity index (χ3n) is 4.33. The summed E-state index contributed by atoms with van der Waals surface area (Å²) < 4.78 is 0. The molecule has 0 aromatic heterocycles. The Labute approximate surface area is 117 Å². The molecule has 3 N–H and O–H groups in total. The lowest BCUT2D eigenvalue weighted by atomic mass is 10.0. The SMILES string of the molecule is CCCC1(CNCCCC(N)c2ccccc2)CC1. The summed E-state index contributed by atoms with van der Waals surface area (Å²) in [7, 11) is 0. The van der Waals surface area contributed by atoms with E-state index in [1.165, 1.54) is 37.8 Å². The van der Waals surface area contributed by atoms with Gasteiger partial charge in [-0.3, -0.25) is 0 Å². The molecule has 0 bridgehead atoms. The first-order chi connectivity index (χ1) is 9.26. The van der Waals surface area contributed by atoms with Gasteiger partial charge in [0.1, 0.15) is 0 Å². The molecule has 1 unspecified atom stereocenters. The van der Waals surface area contributed by atoms with Crippen molar-refractivity contribution >= 4 is 0 Å². The van der Waals surface area contributed by atoms with Crippen LogP contribution in [0.3, 0.4) is 0 Å². The molecule has 1 aliphatic carbocycles. The van der Waals surface area contributed by atoms with E-state index >= 15 is 0 Å². The van der Waals surface area contributed by atoms with E-state index in [1.807, 2.05) is 6.07 Å². The monoisotopic (exact) mass is 260 g/mol. The predicted molar refractivity (Wildman–Crippen MR) is 82.0 cm³/mol. The average Bonchev–Trinajstić information content (AvgIpc) is 3.19. The van der Waals surface area contributed by atoms with Gasteiger partial charge in [0.2, 0.25) is 0 Å². The Bertz CT molecular complexity index is 357. The fourth-order valence-corrected chi connectivity index (χ4v) is 2.89. The summed E-state index contributed by atoms with van der Waals surface area (Å²) in [5.41, 5.74) is 8.11. The molecular weight excluding hydrogens is 232 g/mol. The van der Waals surface area contributed by atoms with Crippen LogP contribution in [-0.4, -0.2) is 13.1 Å². The third-order valence-corrected chi connectivity index (χ3v) is 4.33. The van der Waals surface area contributed by atoms with E-state index in [2.05, 4.69) is 36.5 Å². The number of nitrogens with one attached hydrogen (secondary N) is 1. The van der Waals surface area contributed by atoms with Crippen molar-refractivity contribution < 1.29 is 0 Å². The fourth-order valence-electron chi connectivity index (χ4n) is 2.89. The highest BCUT2D eigenvalue weighted by atomic mass is 14.9. The first-order valence-electron chi connectivity index (χ1n) is 7.77. The minimum Gasteiger partial charge on any atom is -0.324 e. The second-order valence-corrected chi connectivity index (χ2v) is 6.09. The second-order valence-electron chi connectivity index (χ2n) is 6.09. The predicted octanol–water partition coefficient (Wildman–Crippen LogP) is 3.64. The van der Waals surface area contributed by atoms with E-state index in [0.717, 1.165) is 19.4 Å². The molecular formula is C17H28N2. The van der Waals surface area contributed by atoms with Gasteiger partial charge in [-0.1, -0.05) is 43.7 Å². The van der Waals surface area contributed by atoms with Crippen LogP contribution in [0.25, 0.3) is 0 Å². The molecule has 2 rings (SSSR count). The van der Waals surface area contributed by atoms with Gasteiger partial charge in [-0.2, -0.15) is 0 Å². The van der Waals surface area contributed by atoms with Gasteiger partial charge in [0.25, 0.3) is 0 Å².